The normalized spacial score (nSPS) is 16.9. The van der Waals surface area contributed by atoms with Crippen LogP contribution in [0.15, 0.2) is 58.9 Å². The van der Waals surface area contributed by atoms with E-state index in [9.17, 15) is 14.9 Å². The van der Waals surface area contributed by atoms with Crippen molar-refractivity contribution in [2.45, 2.75) is 19.4 Å². The van der Waals surface area contributed by atoms with Gasteiger partial charge in [-0.2, -0.15) is 0 Å². The Morgan fingerprint density at radius 1 is 1.18 bits per heavy atom. The van der Waals surface area contributed by atoms with Crippen LogP contribution in [-0.2, 0) is 11.4 Å². The van der Waals surface area contributed by atoms with Gasteiger partial charge in [-0.1, -0.05) is 17.8 Å². The highest BCUT2D eigenvalue weighted by Crippen LogP contribution is 2.41. The Balaban J connectivity index is 1.51. The summed E-state index contributed by atoms with van der Waals surface area (Å²) in [5.74, 6) is 0.292. The van der Waals surface area contributed by atoms with Gasteiger partial charge in [0.2, 0.25) is 0 Å². The van der Waals surface area contributed by atoms with Gasteiger partial charge < -0.3 is 9.47 Å². The molecule has 0 aliphatic carbocycles. The summed E-state index contributed by atoms with van der Waals surface area (Å²) in [4.78, 5) is 27.9. The van der Waals surface area contributed by atoms with Crippen LogP contribution < -0.4 is 9.47 Å². The molecular formula is C23H19N3O5S2. The third-order valence-corrected chi connectivity index (χ3v) is 6.63. The second-order valence-electron chi connectivity index (χ2n) is 6.99. The first-order valence-electron chi connectivity index (χ1n) is 10.0. The van der Waals surface area contributed by atoms with Crippen molar-refractivity contribution >= 4 is 45.7 Å². The van der Waals surface area contributed by atoms with E-state index in [4.69, 9.17) is 14.9 Å². The molecule has 1 fully saturated rings. The summed E-state index contributed by atoms with van der Waals surface area (Å²) in [6.45, 7) is 2.51. The van der Waals surface area contributed by atoms with Gasteiger partial charge >= 0.3 is 0 Å². The van der Waals surface area contributed by atoms with Crippen molar-refractivity contribution in [1.82, 2.24) is 4.98 Å². The summed E-state index contributed by atoms with van der Waals surface area (Å²) in [6, 6.07) is 11.5. The zero-order chi connectivity index (χ0) is 23.4. The van der Waals surface area contributed by atoms with Gasteiger partial charge in [-0.15, -0.1) is 11.3 Å². The van der Waals surface area contributed by atoms with Gasteiger partial charge in [0, 0.05) is 23.7 Å². The number of nitro groups is 1. The minimum absolute atomic E-state index is 0.0238. The van der Waals surface area contributed by atoms with E-state index >= 15 is 0 Å². The van der Waals surface area contributed by atoms with Crippen LogP contribution in [0.4, 0.5) is 5.69 Å². The van der Waals surface area contributed by atoms with E-state index in [1.165, 1.54) is 23.5 Å². The van der Waals surface area contributed by atoms with Crippen LogP contribution in [-0.4, -0.2) is 27.3 Å². The van der Waals surface area contributed by atoms with Crippen molar-refractivity contribution in [2.75, 3.05) is 6.61 Å². The van der Waals surface area contributed by atoms with Crippen LogP contribution in [0.25, 0.3) is 6.08 Å². The van der Waals surface area contributed by atoms with E-state index in [2.05, 4.69) is 4.98 Å². The maximum Gasteiger partial charge on any atom is 0.269 e. The van der Waals surface area contributed by atoms with Gasteiger partial charge in [-0.25, -0.2) is 4.98 Å². The molecule has 0 bridgehead atoms. The van der Waals surface area contributed by atoms with Crippen molar-refractivity contribution in [3.63, 3.8) is 0 Å². The predicted molar refractivity (Wildman–Crippen MR) is 128 cm³/mol. The van der Waals surface area contributed by atoms with Gasteiger partial charge in [-0.3, -0.25) is 20.3 Å². The van der Waals surface area contributed by atoms with Crippen LogP contribution in [0, 0.1) is 15.5 Å². The molecule has 0 saturated carbocycles. The number of thiazole rings is 1. The Hall–Kier alpha value is -3.50. The fourth-order valence-electron chi connectivity index (χ4n) is 3.22. The third-order valence-electron chi connectivity index (χ3n) is 4.79. The number of ether oxygens (including phenoxy) is 2. The monoisotopic (exact) mass is 481 g/mol. The minimum atomic E-state index is -0.628. The van der Waals surface area contributed by atoms with E-state index in [0.29, 0.717) is 28.0 Å². The number of aromatic nitrogens is 1. The number of hydrogen-bond donors (Lipinski definition) is 1. The average Bonchev–Trinajstić information content (AvgIpc) is 3.41. The Labute approximate surface area is 197 Å². The highest BCUT2D eigenvalue weighted by Gasteiger charge is 2.38. The smallest absolute Gasteiger partial charge is 0.269 e. The molecule has 0 radical (unpaired) electrons. The molecule has 0 unspecified atom stereocenters. The van der Waals surface area contributed by atoms with Crippen LogP contribution in [0.5, 0.6) is 11.5 Å². The Morgan fingerprint density at radius 2 is 1.97 bits per heavy atom. The summed E-state index contributed by atoms with van der Waals surface area (Å²) in [5, 5.41) is 21.7. The lowest BCUT2D eigenvalue weighted by molar-refractivity contribution is -0.384. The maximum absolute atomic E-state index is 12.9. The number of benzene rings is 2. The zero-order valence-corrected chi connectivity index (χ0v) is 19.2. The quantitative estimate of drug-likeness (QED) is 0.258. The molecule has 0 amide bonds. The molecule has 1 aromatic heterocycles. The van der Waals surface area contributed by atoms with Crippen LogP contribution >= 0.6 is 23.1 Å². The molecule has 168 valence electrons. The summed E-state index contributed by atoms with van der Waals surface area (Å²) in [6.07, 6.45) is 3.38. The highest BCUT2D eigenvalue weighted by atomic mass is 32.2. The fourth-order valence-corrected chi connectivity index (χ4v) is 5.02. The molecule has 1 atom stereocenters. The van der Waals surface area contributed by atoms with Crippen LogP contribution in [0.1, 0.15) is 29.0 Å². The lowest BCUT2D eigenvalue weighted by Gasteiger charge is -2.13. The first kappa shape index (κ1) is 22.7. The number of allylic oxidation sites excluding steroid dienone is 1. The topological polar surface area (TPSA) is 115 Å². The van der Waals surface area contributed by atoms with E-state index in [-0.39, 0.29) is 23.1 Å². The summed E-state index contributed by atoms with van der Waals surface area (Å²) >= 11 is 2.52. The largest absolute Gasteiger partial charge is 0.490 e. The summed E-state index contributed by atoms with van der Waals surface area (Å²) in [5.41, 5.74) is 1.56. The molecule has 1 N–H and O–H groups in total. The molecule has 1 aliphatic rings. The first-order valence-corrected chi connectivity index (χ1v) is 11.7. The molecule has 2 aromatic carbocycles. The Kier molecular flexibility index (Phi) is 6.85. The lowest BCUT2D eigenvalue weighted by atomic mass is 10.0. The van der Waals surface area contributed by atoms with Crippen molar-refractivity contribution in [3.05, 3.63) is 85.2 Å². The van der Waals surface area contributed by atoms with E-state index in [0.717, 1.165) is 22.9 Å². The molecule has 0 spiro atoms. The van der Waals surface area contributed by atoms with Crippen molar-refractivity contribution < 1.29 is 19.2 Å². The number of ketones is 1. The molecule has 1 aliphatic heterocycles. The molecule has 4 rings (SSSR count). The fraction of sp³-hybridized carbons (Fsp3) is 0.174. The van der Waals surface area contributed by atoms with Crippen LogP contribution in [0.3, 0.4) is 0 Å². The number of nitrogens with zero attached hydrogens (tertiary/aromatic N) is 2. The number of non-ortho nitro benzene ring substituents is 1. The van der Waals surface area contributed by atoms with Gasteiger partial charge in [0.15, 0.2) is 17.3 Å². The number of thioether (sulfide) groups is 1. The van der Waals surface area contributed by atoms with Gasteiger partial charge in [0.25, 0.3) is 5.69 Å². The van der Waals surface area contributed by atoms with Gasteiger partial charge in [0.1, 0.15) is 17.5 Å². The Morgan fingerprint density at radius 3 is 2.64 bits per heavy atom. The molecule has 2 heterocycles. The number of carbonyl (C=O) groups excluding carboxylic acids is 1. The number of Topliss-reactive ketones (excluding diaryl/α,β-unsaturated/α-hetero) is 1. The lowest BCUT2D eigenvalue weighted by Crippen LogP contribution is -2.11. The minimum Gasteiger partial charge on any atom is -0.490 e. The van der Waals surface area contributed by atoms with E-state index in [1.807, 2.05) is 13.0 Å². The zero-order valence-electron chi connectivity index (χ0n) is 17.5. The van der Waals surface area contributed by atoms with E-state index < -0.39 is 10.8 Å². The number of nitro benzene ring substituents is 1. The van der Waals surface area contributed by atoms with Crippen molar-refractivity contribution in [2.24, 2.45) is 0 Å². The second-order valence-corrected chi connectivity index (χ2v) is 9.00. The SMILES string of the molecule is CCOc1cc(/C=C2\SC(=N)[C@H](c3nccs3)C2=O)ccc1OCc1ccc([N+](=O)[O-])cc1. The second kappa shape index (κ2) is 9.97. The Bertz CT molecular complexity index is 1220. The van der Waals surface area contributed by atoms with Crippen molar-refractivity contribution in [3.8, 4) is 11.5 Å². The number of carbonyl (C=O) groups is 1. The molecule has 8 nitrogen and oxygen atoms in total. The standard InChI is InChI=1S/C23H19N3O5S2/c1-2-30-18-11-15(12-19-21(27)20(22(24)33-19)23-25-9-10-32-23)5-8-17(18)31-13-14-3-6-16(7-4-14)26(28)29/h3-12,20,24H,2,13H2,1H3/b19-12-,24-22?/t20-/m1/s1. The highest BCUT2D eigenvalue weighted by molar-refractivity contribution is 8.19. The van der Waals surface area contributed by atoms with Crippen LogP contribution in [0.2, 0.25) is 0 Å². The maximum atomic E-state index is 12.9. The first-order chi connectivity index (χ1) is 16.0. The average molecular weight is 482 g/mol. The van der Waals surface area contributed by atoms with Crippen molar-refractivity contribution in [1.29, 1.82) is 5.41 Å². The third kappa shape index (κ3) is 5.12. The molecule has 10 heteroatoms. The van der Waals surface area contributed by atoms with Gasteiger partial charge in [0.05, 0.1) is 21.5 Å². The van der Waals surface area contributed by atoms with E-state index in [1.54, 1.807) is 41.9 Å². The summed E-state index contributed by atoms with van der Waals surface area (Å²) < 4.78 is 11.6. The summed E-state index contributed by atoms with van der Waals surface area (Å²) in [7, 11) is 0. The molecule has 1 saturated heterocycles. The number of nitrogens with one attached hydrogen (secondary N) is 1. The molecule has 3 aromatic rings. The number of hydrogen-bond acceptors (Lipinski definition) is 9. The molecule has 33 heavy (non-hydrogen) atoms. The molecular weight excluding hydrogens is 462 g/mol. The predicted octanol–water partition coefficient (Wildman–Crippen LogP) is 5.45. The number of rotatable bonds is 8. The van der Waals surface area contributed by atoms with Gasteiger partial charge in [-0.05, 0) is 48.4 Å².